The van der Waals surface area contributed by atoms with Crippen LogP contribution in [0.4, 0.5) is 0 Å². The van der Waals surface area contributed by atoms with Crippen LogP contribution in [0.3, 0.4) is 0 Å². The molecule has 2 aromatic rings. The largest absolute Gasteiger partial charge is 0.493 e. The molecule has 1 N–H and O–H groups in total. The molecule has 0 saturated heterocycles. The molecule has 1 aromatic carbocycles. The zero-order chi connectivity index (χ0) is 14.0. The Morgan fingerprint density at radius 1 is 1.21 bits per heavy atom. The molecule has 1 heterocycles. The summed E-state index contributed by atoms with van der Waals surface area (Å²) in [5.41, 5.74) is 2.14. The number of ether oxygens (including phenoxy) is 1. The molecule has 0 fully saturated rings. The van der Waals surface area contributed by atoms with E-state index in [0.717, 1.165) is 29.0 Å². The van der Waals surface area contributed by atoms with Crippen molar-refractivity contribution >= 4 is 11.0 Å². The molecule has 1 aromatic heterocycles. The monoisotopic (exact) mass is 261 g/mol. The number of methoxy groups -OCH3 is 1. The van der Waals surface area contributed by atoms with E-state index in [2.05, 4.69) is 39.1 Å². The van der Waals surface area contributed by atoms with Gasteiger partial charge < -0.3 is 14.5 Å². The van der Waals surface area contributed by atoms with Gasteiger partial charge in [0.15, 0.2) is 11.3 Å². The molecule has 0 unspecified atom stereocenters. The lowest BCUT2D eigenvalue weighted by Gasteiger charge is -2.09. The Morgan fingerprint density at radius 3 is 2.53 bits per heavy atom. The van der Waals surface area contributed by atoms with E-state index in [-0.39, 0.29) is 0 Å². The van der Waals surface area contributed by atoms with Gasteiger partial charge in [-0.15, -0.1) is 0 Å². The fourth-order valence-electron chi connectivity index (χ4n) is 2.38. The maximum atomic E-state index is 6.05. The van der Waals surface area contributed by atoms with Crippen molar-refractivity contribution in [3.63, 3.8) is 0 Å². The first-order valence-electron chi connectivity index (χ1n) is 6.86. The van der Waals surface area contributed by atoms with E-state index in [9.17, 15) is 0 Å². The minimum Gasteiger partial charge on any atom is -0.493 e. The molecule has 104 valence electrons. The molecule has 0 amide bonds. The highest BCUT2D eigenvalue weighted by atomic mass is 16.5. The molecule has 3 heteroatoms. The summed E-state index contributed by atoms with van der Waals surface area (Å²) in [5.74, 6) is 2.25. The fraction of sp³-hybridized carbons (Fsp3) is 0.500. The topological polar surface area (TPSA) is 34.4 Å². The van der Waals surface area contributed by atoms with Crippen LogP contribution in [-0.4, -0.2) is 13.2 Å². The van der Waals surface area contributed by atoms with Crippen LogP contribution in [0.25, 0.3) is 11.0 Å². The van der Waals surface area contributed by atoms with E-state index >= 15 is 0 Å². The predicted molar refractivity (Wildman–Crippen MR) is 78.8 cm³/mol. The first-order chi connectivity index (χ1) is 9.04. The first-order valence-corrected chi connectivity index (χ1v) is 6.86. The van der Waals surface area contributed by atoms with Crippen molar-refractivity contribution in [3.05, 3.63) is 29.5 Å². The van der Waals surface area contributed by atoms with Crippen LogP contribution in [0.1, 0.15) is 44.9 Å². The summed E-state index contributed by atoms with van der Waals surface area (Å²) >= 11 is 0. The van der Waals surface area contributed by atoms with Gasteiger partial charge in [0.25, 0.3) is 0 Å². The Hall–Kier alpha value is -1.48. The van der Waals surface area contributed by atoms with Crippen molar-refractivity contribution in [1.82, 2.24) is 5.32 Å². The van der Waals surface area contributed by atoms with Crippen LogP contribution < -0.4 is 10.1 Å². The third-order valence-corrected chi connectivity index (χ3v) is 3.26. The summed E-state index contributed by atoms with van der Waals surface area (Å²) in [5, 5.41) is 4.58. The van der Waals surface area contributed by atoms with Gasteiger partial charge >= 0.3 is 0 Å². The molecular formula is C16H23NO2. The number of para-hydroxylation sites is 1. The SMILES string of the molecule is COc1cccc2c(C(C)C)c(CNC(C)C)oc12. The Bertz CT molecular complexity index is 555. The maximum absolute atomic E-state index is 6.05. The van der Waals surface area contributed by atoms with Crippen LogP contribution in [-0.2, 0) is 6.54 Å². The Labute approximate surface area is 114 Å². The van der Waals surface area contributed by atoms with Crippen LogP contribution in [0.5, 0.6) is 5.75 Å². The van der Waals surface area contributed by atoms with E-state index in [1.165, 1.54) is 5.56 Å². The van der Waals surface area contributed by atoms with Gasteiger partial charge in [-0.25, -0.2) is 0 Å². The lowest BCUT2D eigenvalue weighted by atomic mass is 9.99. The van der Waals surface area contributed by atoms with E-state index in [4.69, 9.17) is 9.15 Å². The molecule has 0 radical (unpaired) electrons. The number of nitrogens with one attached hydrogen (secondary N) is 1. The minimum absolute atomic E-state index is 0.428. The number of furan rings is 1. The minimum atomic E-state index is 0.428. The maximum Gasteiger partial charge on any atom is 0.176 e. The normalized spacial score (nSPS) is 11.7. The fourth-order valence-corrected chi connectivity index (χ4v) is 2.38. The van der Waals surface area contributed by atoms with Crippen molar-refractivity contribution in [2.75, 3.05) is 7.11 Å². The Morgan fingerprint density at radius 2 is 1.95 bits per heavy atom. The molecule has 3 nitrogen and oxygen atoms in total. The number of rotatable bonds is 5. The zero-order valence-electron chi connectivity index (χ0n) is 12.4. The summed E-state index contributed by atoms with van der Waals surface area (Å²) in [6.45, 7) is 9.42. The third-order valence-electron chi connectivity index (χ3n) is 3.26. The molecule has 0 bridgehead atoms. The Balaban J connectivity index is 2.53. The van der Waals surface area contributed by atoms with E-state index in [0.29, 0.717) is 12.0 Å². The predicted octanol–water partition coefficient (Wildman–Crippen LogP) is 4.06. The molecule has 2 rings (SSSR count). The number of benzene rings is 1. The smallest absolute Gasteiger partial charge is 0.176 e. The summed E-state index contributed by atoms with van der Waals surface area (Å²) in [6, 6.07) is 6.50. The van der Waals surface area contributed by atoms with Gasteiger partial charge in [-0.3, -0.25) is 0 Å². The van der Waals surface area contributed by atoms with Gasteiger partial charge in [0.05, 0.1) is 13.7 Å². The number of hydrogen-bond acceptors (Lipinski definition) is 3. The molecule has 0 aliphatic heterocycles. The van der Waals surface area contributed by atoms with Crippen molar-refractivity contribution in [2.24, 2.45) is 0 Å². The highest BCUT2D eigenvalue weighted by Gasteiger charge is 2.19. The van der Waals surface area contributed by atoms with Crippen LogP contribution in [0, 0.1) is 0 Å². The average molecular weight is 261 g/mol. The van der Waals surface area contributed by atoms with Gasteiger partial charge in [0.2, 0.25) is 0 Å². The van der Waals surface area contributed by atoms with Crippen molar-refractivity contribution in [3.8, 4) is 5.75 Å². The van der Waals surface area contributed by atoms with Gasteiger partial charge in [-0.05, 0) is 12.0 Å². The summed E-state index contributed by atoms with van der Waals surface area (Å²) in [4.78, 5) is 0. The Kier molecular flexibility index (Phi) is 4.15. The van der Waals surface area contributed by atoms with Crippen molar-refractivity contribution < 1.29 is 9.15 Å². The number of hydrogen-bond donors (Lipinski definition) is 1. The van der Waals surface area contributed by atoms with E-state index in [1.807, 2.05) is 12.1 Å². The second kappa shape index (κ2) is 5.66. The van der Waals surface area contributed by atoms with E-state index in [1.54, 1.807) is 7.11 Å². The van der Waals surface area contributed by atoms with Crippen LogP contribution in [0.15, 0.2) is 22.6 Å². The third kappa shape index (κ3) is 2.76. The lowest BCUT2D eigenvalue weighted by molar-refractivity contribution is 0.404. The van der Waals surface area contributed by atoms with E-state index < -0.39 is 0 Å². The van der Waals surface area contributed by atoms with Crippen molar-refractivity contribution in [2.45, 2.75) is 46.2 Å². The molecular weight excluding hydrogens is 238 g/mol. The van der Waals surface area contributed by atoms with Crippen molar-refractivity contribution in [1.29, 1.82) is 0 Å². The van der Waals surface area contributed by atoms with Crippen LogP contribution in [0.2, 0.25) is 0 Å². The highest BCUT2D eigenvalue weighted by Crippen LogP contribution is 2.36. The molecule has 0 saturated carbocycles. The molecule has 0 aliphatic rings. The van der Waals surface area contributed by atoms with Gasteiger partial charge in [-0.1, -0.05) is 39.8 Å². The summed E-state index contributed by atoms with van der Waals surface area (Å²) < 4.78 is 11.4. The zero-order valence-corrected chi connectivity index (χ0v) is 12.4. The molecule has 0 atom stereocenters. The second-order valence-corrected chi connectivity index (χ2v) is 5.47. The highest BCUT2D eigenvalue weighted by molar-refractivity contribution is 5.87. The quantitative estimate of drug-likeness (QED) is 0.881. The average Bonchev–Trinajstić information content (AvgIpc) is 2.74. The second-order valence-electron chi connectivity index (χ2n) is 5.47. The molecule has 19 heavy (non-hydrogen) atoms. The summed E-state index contributed by atoms with van der Waals surface area (Å²) in [6.07, 6.45) is 0. The van der Waals surface area contributed by atoms with Crippen LogP contribution >= 0.6 is 0 Å². The summed E-state index contributed by atoms with van der Waals surface area (Å²) in [7, 11) is 1.68. The van der Waals surface area contributed by atoms with Gasteiger partial charge in [0.1, 0.15) is 5.76 Å². The standard InChI is InChI=1S/C16H23NO2/c1-10(2)15-12-7-6-8-13(18-5)16(12)19-14(15)9-17-11(3)4/h6-8,10-11,17H,9H2,1-5H3. The van der Waals surface area contributed by atoms with Gasteiger partial charge in [-0.2, -0.15) is 0 Å². The molecule has 0 spiro atoms. The molecule has 0 aliphatic carbocycles. The van der Waals surface area contributed by atoms with Gasteiger partial charge in [0, 0.05) is 17.0 Å². The lowest BCUT2D eigenvalue weighted by Crippen LogP contribution is -2.22. The number of fused-ring (bicyclic) bond motifs is 1. The first kappa shape index (κ1) is 13.9.